The molecule has 0 aliphatic heterocycles. The molecule has 8 heteroatoms. The van der Waals surface area contributed by atoms with Gasteiger partial charge in [-0.3, -0.25) is 4.79 Å². The predicted molar refractivity (Wildman–Crippen MR) is 119 cm³/mol. The van der Waals surface area contributed by atoms with Crippen LogP contribution in [-0.4, -0.2) is 32.5 Å². The van der Waals surface area contributed by atoms with E-state index >= 15 is 0 Å². The molecule has 152 valence electrons. The van der Waals surface area contributed by atoms with Crippen LogP contribution in [0, 0.1) is 0 Å². The van der Waals surface area contributed by atoms with Gasteiger partial charge in [0.2, 0.25) is 10.0 Å². The Morgan fingerprint density at radius 2 is 1.86 bits per heavy atom. The van der Waals surface area contributed by atoms with Crippen molar-refractivity contribution in [2.75, 3.05) is 13.3 Å². The molecule has 0 bridgehead atoms. The van der Waals surface area contributed by atoms with Gasteiger partial charge in [0.1, 0.15) is 0 Å². The van der Waals surface area contributed by atoms with E-state index in [2.05, 4.69) is 4.72 Å². The zero-order valence-corrected chi connectivity index (χ0v) is 18.6. The lowest BCUT2D eigenvalue weighted by Gasteiger charge is -2.18. The predicted octanol–water partition coefficient (Wildman–Crippen LogP) is 4.22. The van der Waals surface area contributed by atoms with E-state index in [0.717, 1.165) is 15.3 Å². The van der Waals surface area contributed by atoms with Crippen LogP contribution in [-0.2, 0) is 23.1 Å². The third-order valence-electron chi connectivity index (χ3n) is 4.33. The summed E-state index contributed by atoms with van der Waals surface area (Å²) >= 11 is 3.15. The van der Waals surface area contributed by atoms with Crippen LogP contribution in [0.1, 0.15) is 20.8 Å². The minimum atomic E-state index is -3.70. The molecule has 0 radical (unpaired) electrons. The van der Waals surface area contributed by atoms with Crippen molar-refractivity contribution in [3.8, 4) is 0 Å². The fourth-order valence-electron chi connectivity index (χ4n) is 2.76. The molecule has 1 amide bonds. The Morgan fingerprint density at radius 1 is 1.10 bits per heavy atom. The number of thioether (sulfide) groups is 1. The maximum absolute atomic E-state index is 12.8. The Hall–Kier alpha value is -2.13. The normalized spacial score (nSPS) is 11.4. The molecular weight excluding hydrogens is 424 g/mol. The number of benzene rings is 2. The van der Waals surface area contributed by atoms with Crippen LogP contribution in [0.4, 0.5) is 0 Å². The summed E-state index contributed by atoms with van der Waals surface area (Å²) in [6, 6.07) is 17.9. The third kappa shape index (κ3) is 5.70. The molecule has 0 fully saturated rings. The smallest absolute Gasteiger partial charge is 0.253 e. The van der Waals surface area contributed by atoms with E-state index in [4.69, 9.17) is 0 Å². The molecule has 0 aliphatic rings. The van der Waals surface area contributed by atoms with Gasteiger partial charge in [0, 0.05) is 35.5 Å². The lowest BCUT2D eigenvalue weighted by atomic mass is 10.1. The minimum Gasteiger partial charge on any atom is -0.337 e. The molecule has 0 saturated carbocycles. The van der Waals surface area contributed by atoms with Crippen molar-refractivity contribution >= 4 is 39.0 Å². The highest BCUT2D eigenvalue weighted by Crippen LogP contribution is 2.18. The monoisotopic (exact) mass is 446 g/mol. The average molecular weight is 447 g/mol. The second-order valence-electron chi connectivity index (χ2n) is 6.44. The number of nitrogens with one attached hydrogen (secondary N) is 1. The number of hydrogen-bond donors (Lipinski definition) is 1. The highest BCUT2D eigenvalue weighted by atomic mass is 32.2. The molecule has 1 N–H and O–H groups in total. The van der Waals surface area contributed by atoms with Gasteiger partial charge in [0.15, 0.2) is 0 Å². The van der Waals surface area contributed by atoms with Gasteiger partial charge in [0.05, 0.1) is 4.90 Å². The topological polar surface area (TPSA) is 66.5 Å². The molecule has 3 rings (SSSR count). The van der Waals surface area contributed by atoms with Gasteiger partial charge in [-0.15, -0.1) is 23.1 Å². The van der Waals surface area contributed by atoms with Crippen molar-refractivity contribution < 1.29 is 13.2 Å². The first-order valence-electron chi connectivity index (χ1n) is 8.89. The summed E-state index contributed by atoms with van der Waals surface area (Å²) in [6.07, 6.45) is 2.01. The van der Waals surface area contributed by atoms with Crippen LogP contribution < -0.4 is 4.72 Å². The highest BCUT2D eigenvalue weighted by molar-refractivity contribution is 7.98. The van der Waals surface area contributed by atoms with Crippen molar-refractivity contribution in [3.63, 3.8) is 0 Å². The van der Waals surface area contributed by atoms with Gasteiger partial charge in [-0.05, 0) is 53.6 Å². The summed E-state index contributed by atoms with van der Waals surface area (Å²) < 4.78 is 27.8. The molecule has 0 saturated heterocycles. The number of nitrogens with zero attached hydrogens (tertiary/aromatic N) is 1. The molecule has 1 aromatic heterocycles. The molecular formula is C21H22N2O3S3. The van der Waals surface area contributed by atoms with Crippen LogP contribution in [0.5, 0.6) is 0 Å². The first-order valence-corrected chi connectivity index (χ1v) is 12.5. The van der Waals surface area contributed by atoms with Gasteiger partial charge in [0.25, 0.3) is 5.91 Å². The maximum atomic E-state index is 12.8. The van der Waals surface area contributed by atoms with Crippen LogP contribution in [0.3, 0.4) is 0 Å². The SMILES string of the molecule is CSc1ccc(CN(C)C(=O)c2cccc(S(=O)(=O)NCc3cccs3)c2)cc1. The number of carbonyl (C=O) groups excluding carboxylic acids is 1. The molecule has 0 unspecified atom stereocenters. The van der Waals surface area contributed by atoms with Gasteiger partial charge < -0.3 is 4.90 Å². The Kier molecular flexibility index (Phi) is 7.13. The second kappa shape index (κ2) is 9.58. The Bertz CT molecular complexity index is 1060. The van der Waals surface area contributed by atoms with Gasteiger partial charge in [-0.2, -0.15) is 0 Å². The standard InChI is InChI=1S/C21H22N2O3S3/c1-23(15-16-8-10-18(27-2)11-9-16)21(24)17-5-3-7-20(13-17)29(25,26)22-14-19-6-4-12-28-19/h3-13,22H,14-15H2,1-2H3. The minimum absolute atomic E-state index is 0.0811. The van der Waals surface area contributed by atoms with Gasteiger partial charge in [-0.1, -0.05) is 24.3 Å². The summed E-state index contributed by atoms with van der Waals surface area (Å²) in [5.74, 6) is -0.228. The van der Waals surface area contributed by atoms with E-state index in [0.29, 0.717) is 12.1 Å². The summed E-state index contributed by atoms with van der Waals surface area (Å²) in [6.45, 7) is 0.672. The van der Waals surface area contributed by atoms with E-state index in [1.54, 1.807) is 35.8 Å². The van der Waals surface area contributed by atoms with Crippen molar-refractivity contribution in [2.45, 2.75) is 22.9 Å². The second-order valence-corrected chi connectivity index (χ2v) is 10.1. The van der Waals surface area contributed by atoms with E-state index in [9.17, 15) is 13.2 Å². The van der Waals surface area contributed by atoms with Crippen LogP contribution in [0.2, 0.25) is 0 Å². The largest absolute Gasteiger partial charge is 0.337 e. The van der Waals surface area contributed by atoms with Crippen LogP contribution >= 0.6 is 23.1 Å². The molecule has 5 nitrogen and oxygen atoms in total. The van der Waals surface area contributed by atoms with E-state index in [1.807, 2.05) is 48.0 Å². The fourth-order valence-corrected chi connectivity index (χ4v) is 4.95. The molecule has 1 heterocycles. The summed E-state index contributed by atoms with van der Waals surface area (Å²) in [5, 5.41) is 1.90. The lowest BCUT2D eigenvalue weighted by Crippen LogP contribution is -2.27. The Morgan fingerprint density at radius 3 is 2.52 bits per heavy atom. The van der Waals surface area contributed by atoms with Crippen molar-refractivity contribution in [1.29, 1.82) is 0 Å². The van der Waals surface area contributed by atoms with Crippen LogP contribution in [0.25, 0.3) is 0 Å². The summed E-state index contributed by atoms with van der Waals surface area (Å²) in [7, 11) is -1.99. The quantitative estimate of drug-likeness (QED) is 0.526. The molecule has 3 aromatic rings. The van der Waals surface area contributed by atoms with E-state index in [-0.39, 0.29) is 17.3 Å². The number of rotatable bonds is 8. The highest BCUT2D eigenvalue weighted by Gasteiger charge is 2.18. The summed E-state index contributed by atoms with van der Waals surface area (Å²) in [4.78, 5) is 16.6. The number of amides is 1. The number of carbonyl (C=O) groups is 1. The number of thiophene rings is 1. The number of sulfonamides is 1. The molecule has 29 heavy (non-hydrogen) atoms. The van der Waals surface area contributed by atoms with Crippen molar-refractivity contribution in [3.05, 3.63) is 82.0 Å². The van der Waals surface area contributed by atoms with E-state index in [1.165, 1.54) is 23.5 Å². The summed E-state index contributed by atoms with van der Waals surface area (Å²) in [5.41, 5.74) is 1.35. The van der Waals surface area contributed by atoms with Gasteiger partial charge >= 0.3 is 0 Å². The van der Waals surface area contributed by atoms with Crippen molar-refractivity contribution in [1.82, 2.24) is 9.62 Å². The number of hydrogen-bond acceptors (Lipinski definition) is 5. The first-order chi connectivity index (χ1) is 13.9. The first kappa shape index (κ1) is 21.6. The fraction of sp³-hybridized carbons (Fsp3) is 0.190. The van der Waals surface area contributed by atoms with Crippen LogP contribution in [0.15, 0.2) is 75.8 Å². The van der Waals surface area contributed by atoms with E-state index < -0.39 is 10.0 Å². The lowest BCUT2D eigenvalue weighted by molar-refractivity contribution is 0.0785. The zero-order valence-electron chi connectivity index (χ0n) is 16.2. The molecule has 2 aromatic carbocycles. The zero-order chi connectivity index (χ0) is 20.9. The Balaban J connectivity index is 1.70. The maximum Gasteiger partial charge on any atom is 0.253 e. The Labute approximate surface area is 179 Å². The average Bonchev–Trinajstić information content (AvgIpc) is 3.26. The van der Waals surface area contributed by atoms with Crippen molar-refractivity contribution in [2.24, 2.45) is 0 Å². The molecule has 0 spiro atoms. The van der Waals surface area contributed by atoms with Gasteiger partial charge in [-0.25, -0.2) is 13.1 Å². The molecule has 0 aliphatic carbocycles. The third-order valence-corrected chi connectivity index (χ3v) is 7.35. The molecule has 0 atom stereocenters.